The molecule has 4 rings (SSSR count). The van der Waals surface area contributed by atoms with Crippen molar-refractivity contribution in [2.24, 2.45) is 0 Å². The summed E-state index contributed by atoms with van der Waals surface area (Å²) in [6, 6.07) is 14.9. The minimum absolute atomic E-state index is 0.00648. The standard InChI is InChI=1S/C25H30N4OS/c1-16-9-10-20(14-17(16)2)29-24(21-15-18(3)28(19(21)4)12-13-30-5)23(27-25(29)31)22-8-6-7-11-26-22/h6-11,14-15,23-24H,12-13H2,1-5H3,(H,27,31)/t23-,24-/m1/s1. The SMILES string of the molecule is COCCn1c(C)cc([C@@H]2[C@@H](c3ccccn3)NC(=S)N2c2ccc(C)c(C)c2)c1C. The molecule has 2 aromatic heterocycles. The van der Waals surface area contributed by atoms with Gasteiger partial charge in [-0.05, 0) is 86.9 Å². The minimum atomic E-state index is -0.0355. The topological polar surface area (TPSA) is 42.3 Å². The van der Waals surface area contributed by atoms with E-state index >= 15 is 0 Å². The lowest BCUT2D eigenvalue weighted by Crippen LogP contribution is -2.29. The van der Waals surface area contributed by atoms with Crippen LogP contribution >= 0.6 is 12.2 Å². The highest BCUT2D eigenvalue weighted by Gasteiger charge is 2.42. The maximum Gasteiger partial charge on any atom is 0.174 e. The molecular formula is C25H30N4OS. The largest absolute Gasteiger partial charge is 0.383 e. The molecule has 0 radical (unpaired) electrons. The zero-order valence-electron chi connectivity index (χ0n) is 18.8. The van der Waals surface area contributed by atoms with Crippen LogP contribution < -0.4 is 10.2 Å². The molecule has 1 saturated heterocycles. The third-order valence-electron chi connectivity index (χ3n) is 6.32. The fraction of sp³-hybridized carbons (Fsp3) is 0.360. The number of methoxy groups -OCH3 is 1. The predicted octanol–water partition coefficient (Wildman–Crippen LogP) is 4.94. The van der Waals surface area contributed by atoms with Crippen molar-refractivity contribution in [2.75, 3.05) is 18.6 Å². The van der Waals surface area contributed by atoms with Crippen LogP contribution in [0, 0.1) is 27.7 Å². The number of benzene rings is 1. The summed E-state index contributed by atoms with van der Waals surface area (Å²) in [7, 11) is 1.74. The highest BCUT2D eigenvalue weighted by molar-refractivity contribution is 7.80. The van der Waals surface area contributed by atoms with Crippen LogP contribution in [0.25, 0.3) is 0 Å². The molecule has 162 valence electrons. The highest BCUT2D eigenvalue weighted by atomic mass is 32.1. The molecule has 1 aliphatic heterocycles. The molecule has 1 aromatic carbocycles. The van der Waals surface area contributed by atoms with E-state index in [1.807, 2.05) is 18.3 Å². The molecular weight excluding hydrogens is 404 g/mol. The van der Waals surface area contributed by atoms with Crippen LogP contribution in [0.2, 0.25) is 0 Å². The van der Waals surface area contributed by atoms with Gasteiger partial charge in [0.25, 0.3) is 0 Å². The summed E-state index contributed by atoms with van der Waals surface area (Å²) in [6.07, 6.45) is 1.84. The smallest absolute Gasteiger partial charge is 0.174 e. The molecule has 6 heteroatoms. The van der Waals surface area contributed by atoms with Gasteiger partial charge in [-0.15, -0.1) is 0 Å². The maximum absolute atomic E-state index is 5.87. The Hall–Kier alpha value is -2.70. The van der Waals surface area contributed by atoms with Crippen molar-refractivity contribution in [2.45, 2.75) is 46.3 Å². The van der Waals surface area contributed by atoms with Crippen LogP contribution in [0.5, 0.6) is 0 Å². The first-order chi connectivity index (χ1) is 14.9. The van der Waals surface area contributed by atoms with Crippen molar-refractivity contribution in [3.8, 4) is 0 Å². The quantitative estimate of drug-likeness (QED) is 0.557. The molecule has 2 atom stereocenters. The molecule has 0 amide bonds. The molecule has 0 aliphatic carbocycles. The monoisotopic (exact) mass is 434 g/mol. The Balaban J connectivity index is 1.85. The lowest BCUT2D eigenvalue weighted by Gasteiger charge is -2.28. The maximum atomic E-state index is 5.87. The van der Waals surface area contributed by atoms with Crippen LogP contribution in [0.1, 0.15) is 45.9 Å². The summed E-state index contributed by atoms with van der Waals surface area (Å²) >= 11 is 5.87. The van der Waals surface area contributed by atoms with E-state index in [0.29, 0.717) is 6.61 Å². The second-order valence-electron chi connectivity index (χ2n) is 8.24. The van der Waals surface area contributed by atoms with Gasteiger partial charge in [-0.1, -0.05) is 12.1 Å². The van der Waals surface area contributed by atoms with Crippen LogP contribution in [-0.2, 0) is 11.3 Å². The van der Waals surface area contributed by atoms with E-state index in [0.717, 1.165) is 23.0 Å². The van der Waals surface area contributed by atoms with E-state index in [9.17, 15) is 0 Å². The van der Waals surface area contributed by atoms with E-state index < -0.39 is 0 Å². The highest BCUT2D eigenvalue weighted by Crippen LogP contribution is 2.43. The first-order valence-electron chi connectivity index (χ1n) is 10.7. The van der Waals surface area contributed by atoms with E-state index in [1.54, 1.807) is 7.11 Å². The van der Waals surface area contributed by atoms with Gasteiger partial charge in [0.05, 0.1) is 24.4 Å². The van der Waals surface area contributed by atoms with Gasteiger partial charge >= 0.3 is 0 Å². The molecule has 0 spiro atoms. The number of anilines is 1. The van der Waals surface area contributed by atoms with Crippen LogP contribution in [0.4, 0.5) is 5.69 Å². The zero-order chi connectivity index (χ0) is 22.1. The Morgan fingerprint density at radius 1 is 1.06 bits per heavy atom. The van der Waals surface area contributed by atoms with Gasteiger partial charge in [0.15, 0.2) is 5.11 Å². The van der Waals surface area contributed by atoms with Crippen molar-refractivity contribution in [1.29, 1.82) is 0 Å². The average Bonchev–Trinajstić information content (AvgIpc) is 3.25. The molecule has 0 unspecified atom stereocenters. The first kappa shape index (κ1) is 21.5. The van der Waals surface area contributed by atoms with E-state index in [4.69, 9.17) is 17.0 Å². The van der Waals surface area contributed by atoms with Gasteiger partial charge in [-0.3, -0.25) is 4.98 Å². The summed E-state index contributed by atoms with van der Waals surface area (Å²) in [5.74, 6) is 0. The molecule has 31 heavy (non-hydrogen) atoms. The second-order valence-corrected chi connectivity index (χ2v) is 8.62. The van der Waals surface area contributed by atoms with Gasteiger partial charge in [-0.2, -0.15) is 0 Å². The number of rotatable bonds is 6. The van der Waals surface area contributed by atoms with Crippen LogP contribution in [0.3, 0.4) is 0 Å². The number of thiocarbonyl (C=S) groups is 1. The number of hydrogen-bond acceptors (Lipinski definition) is 3. The normalized spacial score (nSPS) is 18.5. The summed E-state index contributed by atoms with van der Waals surface area (Å²) in [4.78, 5) is 6.92. The van der Waals surface area contributed by atoms with Gasteiger partial charge in [0.2, 0.25) is 0 Å². The van der Waals surface area contributed by atoms with Crippen LogP contribution in [-0.4, -0.2) is 28.4 Å². The van der Waals surface area contributed by atoms with Crippen LogP contribution in [0.15, 0.2) is 48.7 Å². The fourth-order valence-electron chi connectivity index (χ4n) is 4.48. The van der Waals surface area contributed by atoms with E-state index in [2.05, 4.69) is 77.8 Å². The van der Waals surface area contributed by atoms with Crippen molar-refractivity contribution >= 4 is 23.0 Å². The molecule has 1 N–H and O–H groups in total. The molecule has 3 aromatic rings. The summed E-state index contributed by atoms with van der Waals surface area (Å²) in [5, 5.41) is 4.29. The molecule has 1 aliphatic rings. The van der Waals surface area contributed by atoms with Gasteiger partial charge in [-0.25, -0.2) is 0 Å². The molecule has 0 bridgehead atoms. The Morgan fingerprint density at radius 3 is 2.55 bits per heavy atom. The summed E-state index contributed by atoms with van der Waals surface area (Å²) < 4.78 is 7.67. The Kier molecular flexibility index (Phi) is 6.12. The first-order valence-corrected chi connectivity index (χ1v) is 11.1. The van der Waals surface area contributed by atoms with E-state index in [1.165, 1.54) is 28.1 Å². The lowest BCUT2D eigenvalue weighted by molar-refractivity contribution is 0.186. The van der Waals surface area contributed by atoms with Gasteiger partial charge < -0.3 is 19.5 Å². The number of hydrogen-bond donors (Lipinski definition) is 1. The Bertz CT molecular complexity index is 1090. The third-order valence-corrected chi connectivity index (χ3v) is 6.63. The molecule has 5 nitrogen and oxygen atoms in total. The Labute approximate surface area is 190 Å². The van der Waals surface area contributed by atoms with Crippen molar-refractivity contribution < 1.29 is 4.74 Å². The molecule has 1 fully saturated rings. The molecule has 0 saturated carbocycles. The number of pyridine rings is 1. The van der Waals surface area contributed by atoms with Crippen molar-refractivity contribution in [1.82, 2.24) is 14.9 Å². The number of ether oxygens (including phenoxy) is 1. The number of nitrogens with zero attached hydrogens (tertiary/aromatic N) is 3. The zero-order valence-corrected chi connectivity index (χ0v) is 19.7. The lowest BCUT2D eigenvalue weighted by atomic mass is 9.96. The van der Waals surface area contributed by atoms with Crippen molar-refractivity contribution in [3.63, 3.8) is 0 Å². The number of aryl methyl sites for hydroxylation is 3. The summed E-state index contributed by atoms with van der Waals surface area (Å²) in [5.41, 5.74) is 8.34. The van der Waals surface area contributed by atoms with Gasteiger partial charge in [0.1, 0.15) is 0 Å². The molecule has 3 heterocycles. The Morgan fingerprint density at radius 2 is 1.87 bits per heavy atom. The fourth-order valence-corrected chi connectivity index (χ4v) is 4.82. The van der Waals surface area contributed by atoms with Gasteiger partial charge in [0, 0.05) is 36.9 Å². The van der Waals surface area contributed by atoms with E-state index in [-0.39, 0.29) is 12.1 Å². The predicted molar refractivity (Wildman–Crippen MR) is 130 cm³/mol. The minimum Gasteiger partial charge on any atom is -0.383 e. The average molecular weight is 435 g/mol. The number of nitrogens with one attached hydrogen (secondary N) is 1. The number of aromatic nitrogens is 2. The second kappa shape index (κ2) is 8.81. The third kappa shape index (κ3) is 3.98. The summed E-state index contributed by atoms with van der Waals surface area (Å²) in [6.45, 7) is 10.1. The van der Waals surface area contributed by atoms with Crippen molar-refractivity contribution in [3.05, 3.63) is 82.4 Å².